The zero-order chi connectivity index (χ0) is 25.2. The van der Waals surface area contributed by atoms with Crippen molar-refractivity contribution < 1.29 is 19.1 Å². The van der Waals surface area contributed by atoms with Crippen LogP contribution in [0, 0.1) is 16.7 Å². The van der Waals surface area contributed by atoms with Crippen molar-refractivity contribution in [3.8, 4) is 17.6 Å². The average Bonchev–Trinajstić information content (AvgIpc) is 2.85. The molecule has 0 bridgehead atoms. The number of carbonyl (C=O) groups is 2. The van der Waals surface area contributed by atoms with E-state index < -0.39 is 5.92 Å². The van der Waals surface area contributed by atoms with Gasteiger partial charge >= 0.3 is 0 Å². The summed E-state index contributed by atoms with van der Waals surface area (Å²) in [5.74, 6) is 0.733. The molecular weight excluding hydrogens is 460 g/mol. The fourth-order valence-electron chi connectivity index (χ4n) is 4.70. The van der Waals surface area contributed by atoms with E-state index in [4.69, 9.17) is 9.47 Å². The van der Waals surface area contributed by atoms with Gasteiger partial charge in [0.1, 0.15) is 0 Å². The largest absolute Gasteiger partial charge is 0.493 e. The minimum absolute atomic E-state index is 0.0234. The number of Topliss-reactive ketones (excluding diaryl/α,β-unsaturated/α-hetero) is 2. The highest BCUT2D eigenvalue weighted by Gasteiger charge is 2.42. The smallest absolute Gasteiger partial charge is 0.173 e. The molecule has 2 aromatic rings. The zero-order valence-corrected chi connectivity index (χ0v) is 21.1. The van der Waals surface area contributed by atoms with Crippen molar-refractivity contribution in [2.45, 2.75) is 32.6 Å². The molecule has 0 saturated carbocycles. The van der Waals surface area contributed by atoms with Crippen molar-refractivity contribution >= 4 is 23.3 Å². The van der Waals surface area contributed by atoms with Gasteiger partial charge in [0.2, 0.25) is 0 Å². The molecule has 1 N–H and O–H groups in total. The number of ketones is 2. The summed E-state index contributed by atoms with van der Waals surface area (Å²) < 4.78 is 10.9. The Kier molecular flexibility index (Phi) is 7.04. The van der Waals surface area contributed by atoms with Crippen molar-refractivity contribution in [1.82, 2.24) is 5.32 Å². The Morgan fingerprint density at radius 1 is 1.11 bits per heavy atom. The van der Waals surface area contributed by atoms with Gasteiger partial charge < -0.3 is 14.8 Å². The van der Waals surface area contributed by atoms with Gasteiger partial charge in [-0.05, 0) is 29.5 Å². The van der Waals surface area contributed by atoms with Gasteiger partial charge in [-0.3, -0.25) is 9.59 Å². The first-order valence-corrected chi connectivity index (χ1v) is 12.4. The lowest BCUT2D eigenvalue weighted by Gasteiger charge is -2.39. The SMILES string of the molecule is COc1ccc([C@H]2C(C#N)=C(SCC(=O)c3ccccc3)NC3=C2C(=O)CC(C)(C)C3)cc1OC. The van der Waals surface area contributed by atoms with Gasteiger partial charge in [-0.25, -0.2) is 0 Å². The third-order valence-electron chi connectivity index (χ3n) is 6.31. The molecule has 1 heterocycles. The molecule has 0 fully saturated rings. The van der Waals surface area contributed by atoms with Crippen LogP contribution in [0.5, 0.6) is 11.5 Å². The van der Waals surface area contributed by atoms with Crippen LogP contribution in [0.1, 0.15) is 48.5 Å². The number of hydrogen-bond donors (Lipinski definition) is 1. The molecule has 4 rings (SSSR count). The summed E-state index contributed by atoms with van der Waals surface area (Å²) in [4.78, 5) is 26.2. The maximum atomic E-state index is 13.4. The number of benzene rings is 2. The summed E-state index contributed by atoms with van der Waals surface area (Å²) in [6, 6.07) is 16.9. The van der Waals surface area contributed by atoms with E-state index in [1.54, 1.807) is 32.4 Å². The lowest BCUT2D eigenvalue weighted by atomic mass is 9.69. The van der Waals surface area contributed by atoms with Crippen LogP contribution >= 0.6 is 11.8 Å². The Bertz CT molecular complexity index is 1270. The maximum Gasteiger partial charge on any atom is 0.173 e. The van der Waals surface area contributed by atoms with Crippen LogP contribution in [0.25, 0.3) is 0 Å². The number of dihydropyridines is 1. The molecule has 2 aliphatic rings. The van der Waals surface area contributed by atoms with Gasteiger partial charge in [0.25, 0.3) is 0 Å². The molecule has 6 nitrogen and oxygen atoms in total. The summed E-state index contributed by atoms with van der Waals surface area (Å²) in [7, 11) is 3.12. The fraction of sp³-hybridized carbons (Fsp3) is 0.321. The summed E-state index contributed by atoms with van der Waals surface area (Å²) in [5.41, 5.74) is 3.06. The van der Waals surface area contributed by atoms with Gasteiger partial charge in [-0.15, -0.1) is 0 Å². The second-order valence-electron chi connectivity index (χ2n) is 9.44. The summed E-state index contributed by atoms with van der Waals surface area (Å²) >= 11 is 1.30. The molecule has 1 aliphatic carbocycles. The lowest BCUT2D eigenvalue weighted by molar-refractivity contribution is -0.118. The van der Waals surface area contributed by atoms with Gasteiger partial charge in [0.05, 0.1) is 42.6 Å². The van der Waals surface area contributed by atoms with Crippen LogP contribution in [0.2, 0.25) is 0 Å². The fourth-order valence-corrected chi connectivity index (χ4v) is 5.66. The highest BCUT2D eigenvalue weighted by Crippen LogP contribution is 2.48. The van der Waals surface area contributed by atoms with Crippen LogP contribution in [-0.4, -0.2) is 31.5 Å². The third-order valence-corrected chi connectivity index (χ3v) is 7.33. The molecule has 2 aromatic carbocycles. The molecule has 0 aromatic heterocycles. The van der Waals surface area contributed by atoms with Crippen molar-refractivity contribution in [1.29, 1.82) is 5.26 Å². The predicted octanol–water partition coefficient (Wildman–Crippen LogP) is 5.39. The van der Waals surface area contributed by atoms with Gasteiger partial charge in [-0.1, -0.05) is 62.0 Å². The molecule has 180 valence electrons. The van der Waals surface area contributed by atoms with Crippen LogP contribution in [0.15, 0.2) is 70.4 Å². The number of nitrogens with one attached hydrogen (secondary N) is 1. The van der Waals surface area contributed by atoms with Crippen molar-refractivity contribution in [3.05, 3.63) is 81.5 Å². The number of nitriles is 1. The minimum atomic E-state index is -0.547. The third kappa shape index (κ3) is 4.98. The Balaban J connectivity index is 1.77. The van der Waals surface area contributed by atoms with Gasteiger partial charge in [-0.2, -0.15) is 5.26 Å². The summed E-state index contributed by atoms with van der Waals surface area (Å²) in [6.45, 7) is 4.13. The number of thioether (sulfide) groups is 1. The van der Waals surface area contributed by atoms with E-state index in [2.05, 4.69) is 25.2 Å². The second-order valence-corrected chi connectivity index (χ2v) is 10.4. The molecule has 0 radical (unpaired) electrons. The number of carbonyl (C=O) groups excluding carboxylic acids is 2. The molecule has 35 heavy (non-hydrogen) atoms. The van der Waals surface area contributed by atoms with E-state index in [9.17, 15) is 14.9 Å². The molecule has 1 atom stereocenters. The van der Waals surface area contributed by atoms with E-state index in [1.807, 2.05) is 30.3 Å². The van der Waals surface area contributed by atoms with Crippen LogP contribution < -0.4 is 14.8 Å². The van der Waals surface area contributed by atoms with E-state index in [1.165, 1.54) is 11.8 Å². The summed E-state index contributed by atoms with van der Waals surface area (Å²) in [5, 5.41) is 14.2. The van der Waals surface area contributed by atoms with E-state index in [-0.39, 0.29) is 22.7 Å². The summed E-state index contributed by atoms with van der Waals surface area (Å²) in [6.07, 6.45) is 1.08. The number of rotatable bonds is 7. The normalized spacial score (nSPS) is 18.9. The zero-order valence-electron chi connectivity index (χ0n) is 20.3. The first-order valence-electron chi connectivity index (χ1n) is 11.4. The molecule has 7 heteroatoms. The topological polar surface area (TPSA) is 88.4 Å². The van der Waals surface area contributed by atoms with Crippen molar-refractivity contribution in [2.24, 2.45) is 5.41 Å². The minimum Gasteiger partial charge on any atom is -0.493 e. The predicted molar refractivity (Wildman–Crippen MR) is 136 cm³/mol. The monoisotopic (exact) mass is 488 g/mol. The number of hydrogen-bond acceptors (Lipinski definition) is 7. The highest BCUT2D eigenvalue weighted by atomic mass is 32.2. The van der Waals surface area contributed by atoms with E-state index in [0.717, 1.165) is 11.3 Å². The molecule has 0 spiro atoms. The molecule has 0 saturated heterocycles. The Labute approximate surface area is 210 Å². The molecule has 1 aliphatic heterocycles. The Morgan fingerprint density at radius 2 is 1.83 bits per heavy atom. The van der Waals surface area contributed by atoms with E-state index in [0.29, 0.717) is 46.1 Å². The first kappa shape index (κ1) is 24.6. The standard InChI is InChI=1S/C28H28N2O4S/c1-28(2)13-20-26(21(31)14-28)25(18-10-11-23(33-3)24(12-18)34-4)19(15-29)27(30-20)35-16-22(32)17-8-6-5-7-9-17/h5-12,25,30H,13-14,16H2,1-4H3/t25-/m0/s1. The Morgan fingerprint density at radius 3 is 2.49 bits per heavy atom. The van der Waals surface area contributed by atoms with E-state index >= 15 is 0 Å². The number of nitrogens with zero attached hydrogens (tertiary/aromatic N) is 1. The first-order chi connectivity index (χ1) is 16.8. The van der Waals surface area contributed by atoms with Gasteiger partial charge in [0.15, 0.2) is 23.1 Å². The van der Waals surface area contributed by atoms with Crippen molar-refractivity contribution in [3.63, 3.8) is 0 Å². The highest BCUT2D eigenvalue weighted by molar-refractivity contribution is 8.03. The van der Waals surface area contributed by atoms with Crippen molar-refractivity contribution in [2.75, 3.05) is 20.0 Å². The number of allylic oxidation sites excluding steroid dienone is 3. The second kappa shape index (κ2) is 10.0. The lowest BCUT2D eigenvalue weighted by Crippen LogP contribution is -2.37. The quantitative estimate of drug-likeness (QED) is 0.523. The maximum absolute atomic E-state index is 13.4. The number of ether oxygens (including phenoxy) is 2. The molecule has 0 unspecified atom stereocenters. The number of methoxy groups -OCH3 is 2. The van der Waals surface area contributed by atoms with Crippen LogP contribution in [0.3, 0.4) is 0 Å². The van der Waals surface area contributed by atoms with Gasteiger partial charge in [0, 0.05) is 23.3 Å². The van der Waals surface area contributed by atoms with Crippen LogP contribution in [-0.2, 0) is 4.79 Å². The average molecular weight is 489 g/mol. The molecular formula is C28H28N2O4S. The van der Waals surface area contributed by atoms with Crippen LogP contribution in [0.4, 0.5) is 0 Å². The Hall–Kier alpha value is -3.50. The molecule has 0 amide bonds.